The summed E-state index contributed by atoms with van der Waals surface area (Å²) in [6.45, 7) is 3.06. The van der Waals surface area contributed by atoms with Gasteiger partial charge in [-0.05, 0) is 6.42 Å². The average Bonchev–Trinajstić information content (AvgIpc) is 2.84. The first kappa shape index (κ1) is 17.6. The van der Waals surface area contributed by atoms with Crippen LogP contribution in [0.3, 0.4) is 0 Å². The van der Waals surface area contributed by atoms with Crippen LogP contribution < -0.4 is 10.0 Å². The van der Waals surface area contributed by atoms with Gasteiger partial charge in [0.1, 0.15) is 0 Å². The fourth-order valence-corrected chi connectivity index (χ4v) is 4.57. The van der Waals surface area contributed by atoms with Gasteiger partial charge < -0.3 is 5.32 Å². The first-order valence-electron chi connectivity index (χ1n) is 5.55. The summed E-state index contributed by atoms with van der Waals surface area (Å²) in [6, 6.07) is 0. The summed E-state index contributed by atoms with van der Waals surface area (Å²) < 4.78 is 26.6. The zero-order valence-electron chi connectivity index (χ0n) is 10.8. The second-order valence-corrected chi connectivity index (χ2v) is 7.43. The van der Waals surface area contributed by atoms with Gasteiger partial charge in [-0.2, -0.15) is 0 Å². The molecule has 0 aliphatic heterocycles. The van der Waals surface area contributed by atoms with Crippen molar-refractivity contribution in [3.05, 3.63) is 0 Å². The number of hydrogen-bond donors (Lipinski definition) is 2. The molecule has 0 aromatic carbocycles. The van der Waals surface area contributed by atoms with Crippen LogP contribution in [0.15, 0.2) is 4.34 Å². The lowest BCUT2D eigenvalue weighted by molar-refractivity contribution is -0.114. The van der Waals surface area contributed by atoms with E-state index < -0.39 is 15.6 Å². The van der Waals surface area contributed by atoms with E-state index in [0.717, 1.165) is 11.3 Å². The van der Waals surface area contributed by atoms with Crippen LogP contribution in [0, 0.1) is 0 Å². The minimum Gasteiger partial charge on any atom is -0.301 e. The van der Waals surface area contributed by atoms with Crippen molar-refractivity contribution >= 4 is 55.6 Å². The second-order valence-electron chi connectivity index (χ2n) is 4.06. The fraction of sp³-hybridized carbons (Fsp3) is 0.667. The zero-order chi connectivity index (χ0) is 15.4. The lowest BCUT2D eigenvalue weighted by Gasteiger charge is -2.28. The number of nitrogens with zero attached hydrogens (tertiary/aromatic N) is 2. The highest BCUT2D eigenvalue weighted by Gasteiger charge is 2.34. The van der Waals surface area contributed by atoms with E-state index in [9.17, 15) is 13.2 Å². The highest BCUT2D eigenvalue weighted by Crippen LogP contribution is 2.23. The van der Waals surface area contributed by atoms with Gasteiger partial charge in [0.05, 0.1) is 5.54 Å². The van der Waals surface area contributed by atoms with E-state index in [1.165, 1.54) is 6.92 Å². The highest BCUT2D eigenvalue weighted by molar-refractivity contribution is 7.91. The summed E-state index contributed by atoms with van der Waals surface area (Å²) >= 11 is 12.3. The highest BCUT2D eigenvalue weighted by atomic mass is 35.5. The van der Waals surface area contributed by atoms with Crippen molar-refractivity contribution in [1.82, 2.24) is 14.9 Å². The van der Waals surface area contributed by atoms with Crippen molar-refractivity contribution in [3.63, 3.8) is 0 Å². The Morgan fingerprint density at radius 1 is 1.35 bits per heavy atom. The number of halogens is 2. The van der Waals surface area contributed by atoms with Crippen LogP contribution in [-0.4, -0.2) is 41.8 Å². The molecule has 0 atom stereocenters. The maximum atomic E-state index is 12.2. The fourth-order valence-electron chi connectivity index (χ4n) is 1.20. The summed E-state index contributed by atoms with van der Waals surface area (Å²) in [5.41, 5.74) is -0.943. The summed E-state index contributed by atoms with van der Waals surface area (Å²) in [5.74, 6) is -0.296. The third-order valence-corrected chi connectivity index (χ3v) is 6.27. The average molecular weight is 361 g/mol. The van der Waals surface area contributed by atoms with E-state index in [4.69, 9.17) is 23.2 Å². The second kappa shape index (κ2) is 6.99. The number of nitrogens with one attached hydrogen (secondary N) is 2. The van der Waals surface area contributed by atoms with Crippen molar-refractivity contribution in [2.75, 3.05) is 17.1 Å². The first-order valence-corrected chi connectivity index (χ1v) is 8.92. The first-order chi connectivity index (χ1) is 9.28. The third-order valence-electron chi connectivity index (χ3n) is 2.46. The Kier molecular flexibility index (Phi) is 6.14. The Morgan fingerprint density at radius 3 is 2.40 bits per heavy atom. The molecule has 2 N–H and O–H groups in total. The number of alkyl halides is 2. The lowest BCUT2D eigenvalue weighted by atomic mass is 10.0. The number of anilines is 1. The number of aromatic nitrogens is 2. The van der Waals surface area contributed by atoms with Crippen molar-refractivity contribution in [2.24, 2.45) is 0 Å². The maximum Gasteiger partial charge on any atom is 0.270 e. The molecule has 0 bridgehead atoms. The SMILES string of the molecule is CCC(CCl)(CCl)NS(=O)(=O)c1nnc(NC(C)=O)s1. The Balaban J connectivity index is 2.99. The monoisotopic (exact) mass is 360 g/mol. The molecule has 1 aromatic rings. The van der Waals surface area contributed by atoms with Gasteiger partial charge in [-0.15, -0.1) is 33.4 Å². The molecule has 114 valence electrons. The molecule has 7 nitrogen and oxygen atoms in total. The normalized spacial score (nSPS) is 12.4. The summed E-state index contributed by atoms with van der Waals surface area (Å²) in [5, 5.41) is 9.60. The molecule has 0 fully saturated rings. The molecule has 0 saturated carbocycles. The quantitative estimate of drug-likeness (QED) is 0.565. The predicted octanol–water partition coefficient (Wildman–Crippen LogP) is 1.40. The molecule has 0 radical (unpaired) electrons. The van der Waals surface area contributed by atoms with Crippen molar-refractivity contribution in [1.29, 1.82) is 0 Å². The van der Waals surface area contributed by atoms with Crippen LogP contribution in [-0.2, 0) is 14.8 Å². The third kappa shape index (κ3) is 4.26. The molecule has 0 unspecified atom stereocenters. The summed E-state index contributed by atoms with van der Waals surface area (Å²) in [4.78, 5) is 10.9. The van der Waals surface area contributed by atoms with Gasteiger partial charge in [0, 0.05) is 18.7 Å². The van der Waals surface area contributed by atoms with Crippen molar-refractivity contribution in [2.45, 2.75) is 30.1 Å². The van der Waals surface area contributed by atoms with Crippen molar-refractivity contribution in [3.8, 4) is 0 Å². The van der Waals surface area contributed by atoms with Crippen LogP contribution >= 0.6 is 34.5 Å². The summed E-state index contributed by atoms with van der Waals surface area (Å²) in [6.07, 6.45) is 0.427. The zero-order valence-corrected chi connectivity index (χ0v) is 14.0. The smallest absolute Gasteiger partial charge is 0.270 e. The number of rotatable bonds is 7. The van der Waals surface area contributed by atoms with E-state index in [0.29, 0.717) is 6.42 Å². The van der Waals surface area contributed by atoms with Gasteiger partial charge in [-0.3, -0.25) is 4.79 Å². The Labute approximate surface area is 131 Å². The van der Waals surface area contributed by atoms with E-state index in [-0.39, 0.29) is 27.1 Å². The van der Waals surface area contributed by atoms with Gasteiger partial charge in [0.15, 0.2) is 0 Å². The summed E-state index contributed by atoms with van der Waals surface area (Å²) in [7, 11) is -3.89. The number of carbonyl (C=O) groups is 1. The molecule has 0 aliphatic rings. The molecule has 1 rings (SSSR count). The molecular weight excluding hydrogens is 347 g/mol. The predicted molar refractivity (Wildman–Crippen MR) is 79.0 cm³/mol. The molecule has 11 heteroatoms. The molecule has 1 amide bonds. The Morgan fingerprint density at radius 2 is 1.95 bits per heavy atom. The van der Waals surface area contributed by atoms with E-state index in [2.05, 4.69) is 20.2 Å². The molecular formula is C9H14Cl2N4O3S2. The number of amides is 1. The van der Waals surface area contributed by atoms with E-state index in [1.54, 1.807) is 6.92 Å². The van der Waals surface area contributed by atoms with Gasteiger partial charge in [-0.25, -0.2) is 13.1 Å². The molecule has 0 saturated heterocycles. The topological polar surface area (TPSA) is 101 Å². The molecule has 20 heavy (non-hydrogen) atoms. The van der Waals surface area contributed by atoms with Crippen LogP contribution in [0.25, 0.3) is 0 Å². The number of sulfonamides is 1. The molecule has 1 aromatic heterocycles. The van der Waals surface area contributed by atoms with Crippen LogP contribution in [0.2, 0.25) is 0 Å². The number of hydrogen-bond acceptors (Lipinski definition) is 6. The van der Waals surface area contributed by atoms with Gasteiger partial charge >= 0.3 is 0 Å². The van der Waals surface area contributed by atoms with Crippen LogP contribution in [0.5, 0.6) is 0 Å². The van der Waals surface area contributed by atoms with E-state index >= 15 is 0 Å². The van der Waals surface area contributed by atoms with Gasteiger partial charge in [0.25, 0.3) is 10.0 Å². The number of carbonyl (C=O) groups excluding carboxylic acids is 1. The van der Waals surface area contributed by atoms with Crippen LogP contribution in [0.1, 0.15) is 20.3 Å². The standard InChI is InChI=1S/C9H14Cl2N4O3S2/c1-3-9(4-10,5-11)15-20(17,18)8-14-13-7(19-8)12-6(2)16/h15H,3-5H2,1-2H3,(H,12,13,16). The largest absolute Gasteiger partial charge is 0.301 e. The van der Waals surface area contributed by atoms with Gasteiger partial charge in [-0.1, -0.05) is 18.3 Å². The minimum atomic E-state index is -3.89. The maximum absolute atomic E-state index is 12.2. The Bertz CT molecular complexity index is 563. The minimum absolute atomic E-state index is 0.0313. The van der Waals surface area contributed by atoms with E-state index in [1.807, 2.05) is 0 Å². The van der Waals surface area contributed by atoms with Gasteiger partial charge in [0.2, 0.25) is 15.4 Å². The van der Waals surface area contributed by atoms with Crippen molar-refractivity contribution < 1.29 is 13.2 Å². The molecule has 0 spiro atoms. The molecule has 1 heterocycles. The Hall–Kier alpha value is -0.480. The van der Waals surface area contributed by atoms with Crippen LogP contribution in [0.4, 0.5) is 5.13 Å². The molecule has 0 aliphatic carbocycles. The lowest BCUT2D eigenvalue weighted by Crippen LogP contribution is -2.51.